The maximum absolute atomic E-state index is 12.6. The Balaban J connectivity index is 1.74. The van der Waals surface area contributed by atoms with Gasteiger partial charge in [0.1, 0.15) is 0 Å². The number of carbonyl (C=O) groups excluding carboxylic acids is 3. The summed E-state index contributed by atoms with van der Waals surface area (Å²) < 4.78 is 0. The van der Waals surface area contributed by atoms with Crippen LogP contribution in [0.2, 0.25) is 0 Å². The Labute approximate surface area is 138 Å². The summed E-state index contributed by atoms with van der Waals surface area (Å²) in [6.07, 6.45) is 0.275. The first kappa shape index (κ1) is 14.3. The fourth-order valence-electron chi connectivity index (χ4n) is 2.94. The Kier molecular flexibility index (Phi) is 3.06. The normalized spacial score (nSPS) is 16.7. The van der Waals surface area contributed by atoms with Gasteiger partial charge in [-0.05, 0) is 37.3 Å². The lowest BCUT2D eigenvalue weighted by Crippen LogP contribution is -2.29. The molecule has 2 heterocycles. The van der Waals surface area contributed by atoms with E-state index in [2.05, 4.69) is 5.10 Å². The molecular weight excluding hydrogens is 306 g/mol. The Morgan fingerprint density at radius 3 is 2.08 bits per heavy atom. The molecule has 0 bridgehead atoms. The molecule has 3 amide bonds. The zero-order chi connectivity index (χ0) is 16.8. The summed E-state index contributed by atoms with van der Waals surface area (Å²) >= 11 is 0. The van der Waals surface area contributed by atoms with Gasteiger partial charge in [-0.15, -0.1) is 0 Å². The number of imide groups is 1. The summed E-state index contributed by atoms with van der Waals surface area (Å²) in [4.78, 5) is 38.2. The van der Waals surface area contributed by atoms with Gasteiger partial charge in [-0.1, -0.05) is 18.2 Å². The van der Waals surface area contributed by atoms with E-state index in [0.29, 0.717) is 22.5 Å². The molecule has 0 radical (unpaired) electrons. The molecule has 6 nitrogen and oxygen atoms in total. The van der Waals surface area contributed by atoms with Gasteiger partial charge in [-0.3, -0.25) is 14.4 Å². The molecule has 0 spiro atoms. The van der Waals surface area contributed by atoms with E-state index in [9.17, 15) is 14.4 Å². The number of rotatable bonds is 2. The molecule has 118 valence electrons. The van der Waals surface area contributed by atoms with Crippen molar-refractivity contribution in [2.45, 2.75) is 13.3 Å². The van der Waals surface area contributed by atoms with Crippen LogP contribution >= 0.6 is 0 Å². The largest absolute Gasteiger partial charge is 0.272 e. The summed E-state index contributed by atoms with van der Waals surface area (Å²) in [6, 6.07) is 13.4. The zero-order valence-electron chi connectivity index (χ0n) is 12.9. The molecule has 2 aromatic carbocycles. The third-order valence-electron chi connectivity index (χ3n) is 4.04. The highest BCUT2D eigenvalue weighted by molar-refractivity contribution is 6.34. The lowest BCUT2D eigenvalue weighted by Gasteiger charge is -2.17. The van der Waals surface area contributed by atoms with Crippen molar-refractivity contribution in [3.05, 3.63) is 59.7 Å². The SMILES string of the molecule is CC1=NN(c2cccc(N3C(=O)c4ccccc4C3=O)c2)C(=O)C1. The predicted molar refractivity (Wildman–Crippen MR) is 89.2 cm³/mol. The van der Waals surface area contributed by atoms with E-state index in [4.69, 9.17) is 0 Å². The molecule has 0 aliphatic carbocycles. The monoisotopic (exact) mass is 319 g/mol. The van der Waals surface area contributed by atoms with E-state index in [-0.39, 0.29) is 24.1 Å². The topological polar surface area (TPSA) is 70.0 Å². The van der Waals surface area contributed by atoms with E-state index in [0.717, 1.165) is 10.6 Å². The molecular formula is C18H13N3O3. The summed E-state index contributed by atoms with van der Waals surface area (Å²) in [5.41, 5.74) is 2.46. The minimum absolute atomic E-state index is 0.132. The summed E-state index contributed by atoms with van der Waals surface area (Å²) in [6.45, 7) is 1.78. The number of fused-ring (bicyclic) bond motifs is 1. The van der Waals surface area contributed by atoms with Gasteiger partial charge in [0, 0.05) is 5.71 Å². The van der Waals surface area contributed by atoms with Crippen LogP contribution < -0.4 is 9.91 Å². The van der Waals surface area contributed by atoms with Crippen molar-refractivity contribution in [3.63, 3.8) is 0 Å². The third-order valence-corrected chi connectivity index (χ3v) is 4.04. The van der Waals surface area contributed by atoms with E-state index >= 15 is 0 Å². The van der Waals surface area contributed by atoms with E-state index < -0.39 is 0 Å². The van der Waals surface area contributed by atoms with Gasteiger partial charge in [0.05, 0.1) is 28.9 Å². The first-order valence-corrected chi connectivity index (χ1v) is 7.51. The van der Waals surface area contributed by atoms with Gasteiger partial charge in [-0.25, -0.2) is 9.91 Å². The number of carbonyl (C=O) groups is 3. The van der Waals surface area contributed by atoms with Crippen LogP contribution in [0.1, 0.15) is 34.1 Å². The van der Waals surface area contributed by atoms with Crippen molar-refractivity contribution < 1.29 is 14.4 Å². The second-order valence-corrected chi connectivity index (χ2v) is 5.73. The van der Waals surface area contributed by atoms with Crippen LogP contribution in [0, 0.1) is 0 Å². The van der Waals surface area contributed by atoms with Crippen LogP contribution in [0.15, 0.2) is 53.6 Å². The number of hydrogen-bond donors (Lipinski definition) is 0. The molecule has 2 aliphatic rings. The molecule has 0 atom stereocenters. The smallest absolute Gasteiger partial charge is 0.266 e. The maximum atomic E-state index is 12.6. The lowest BCUT2D eigenvalue weighted by atomic mass is 10.1. The molecule has 2 aromatic rings. The third kappa shape index (κ3) is 2.04. The highest BCUT2D eigenvalue weighted by atomic mass is 16.2. The highest BCUT2D eigenvalue weighted by Crippen LogP contribution is 2.31. The van der Waals surface area contributed by atoms with Crippen LogP contribution in [-0.2, 0) is 4.79 Å². The average Bonchev–Trinajstić information content (AvgIpc) is 3.05. The molecule has 24 heavy (non-hydrogen) atoms. The standard InChI is InChI=1S/C18H13N3O3/c1-11-9-16(22)21(19-11)13-6-4-5-12(10-13)20-17(23)14-7-2-3-8-15(14)18(20)24/h2-8,10H,9H2,1H3. The van der Waals surface area contributed by atoms with Crippen LogP contribution in [-0.4, -0.2) is 23.4 Å². The van der Waals surface area contributed by atoms with Crippen LogP contribution in [0.25, 0.3) is 0 Å². The van der Waals surface area contributed by atoms with Gasteiger partial charge in [0.2, 0.25) is 0 Å². The molecule has 0 saturated heterocycles. The second kappa shape index (κ2) is 5.13. The molecule has 6 heteroatoms. The quantitative estimate of drug-likeness (QED) is 0.799. The predicted octanol–water partition coefficient (Wildman–Crippen LogP) is 2.60. The molecule has 0 N–H and O–H groups in total. The van der Waals surface area contributed by atoms with Gasteiger partial charge < -0.3 is 0 Å². The molecule has 0 saturated carbocycles. The van der Waals surface area contributed by atoms with Gasteiger partial charge in [0.25, 0.3) is 17.7 Å². The van der Waals surface area contributed by atoms with E-state index in [1.807, 2.05) is 0 Å². The van der Waals surface area contributed by atoms with Crippen molar-refractivity contribution >= 4 is 34.8 Å². The van der Waals surface area contributed by atoms with Gasteiger partial charge >= 0.3 is 0 Å². The fraction of sp³-hybridized carbons (Fsp3) is 0.111. The van der Waals surface area contributed by atoms with E-state index in [1.165, 1.54) is 5.01 Å². The number of benzene rings is 2. The van der Waals surface area contributed by atoms with E-state index in [1.54, 1.807) is 55.5 Å². The van der Waals surface area contributed by atoms with Crippen LogP contribution in [0.5, 0.6) is 0 Å². The van der Waals surface area contributed by atoms with Gasteiger partial charge in [-0.2, -0.15) is 5.10 Å². The first-order valence-electron chi connectivity index (χ1n) is 7.51. The number of hydrazone groups is 1. The fourth-order valence-corrected chi connectivity index (χ4v) is 2.94. The minimum Gasteiger partial charge on any atom is -0.272 e. The van der Waals surface area contributed by atoms with Crippen molar-refractivity contribution in [2.75, 3.05) is 9.91 Å². The average molecular weight is 319 g/mol. The molecule has 0 fully saturated rings. The van der Waals surface area contributed by atoms with Crippen LogP contribution in [0.3, 0.4) is 0 Å². The van der Waals surface area contributed by atoms with Gasteiger partial charge in [0.15, 0.2) is 0 Å². The van der Waals surface area contributed by atoms with Crippen molar-refractivity contribution in [1.82, 2.24) is 0 Å². The second-order valence-electron chi connectivity index (χ2n) is 5.73. The summed E-state index contributed by atoms with van der Waals surface area (Å²) in [5.74, 6) is -0.854. The Morgan fingerprint density at radius 1 is 0.875 bits per heavy atom. The number of amides is 3. The van der Waals surface area contributed by atoms with Crippen molar-refractivity contribution in [1.29, 1.82) is 0 Å². The molecule has 0 unspecified atom stereocenters. The number of hydrogen-bond acceptors (Lipinski definition) is 4. The Hall–Kier alpha value is -3.28. The summed E-state index contributed by atoms with van der Waals surface area (Å²) in [5, 5.41) is 5.50. The molecule has 2 aliphatic heterocycles. The number of nitrogens with zero attached hydrogens (tertiary/aromatic N) is 3. The lowest BCUT2D eigenvalue weighted by molar-refractivity contribution is -0.116. The Bertz CT molecular complexity index is 898. The first-order chi connectivity index (χ1) is 11.6. The van der Waals surface area contributed by atoms with Crippen molar-refractivity contribution in [3.8, 4) is 0 Å². The zero-order valence-corrected chi connectivity index (χ0v) is 12.9. The Morgan fingerprint density at radius 2 is 1.50 bits per heavy atom. The van der Waals surface area contributed by atoms with Crippen LogP contribution in [0.4, 0.5) is 11.4 Å². The molecule has 4 rings (SSSR count). The number of anilines is 2. The highest BCUT2D eigenvalue weighted by Gasteiger charge is 2.36. The van der Waals surface area contributed by atoms with Crippen molar-refractivity contribution in [2.24, 2.45) is 5.10 Å². The molecule has 0 aromatic heterocycles. The maximum Gasteiger partial charge on any atom is 0.266 e. The minimum atomic E-state index is -0.361. The summed E-state index contributed by atoms with van der Waals surface area (Å²) in [7, 11) is 0.